The normalized spacial score (nSPS) is 10.8. The zero-order valence-electron chi connectivity index (χ0n) is 14.2. The van der Waals surface area contributed by atoms with Crippen molar-refractivity contribution < 1.29 is 4.79 Å². The van der Waals surface area contributed by atoms with Gasteiger partial charge in [0.2, 0.25) is 5.91 Å². The van der Waals surface area contributed by atoms with Crippen LogP contribution in [-0.4, -0.2) is 26.4 Å². The monoisotopic (exact) mass is 332 g/mol. The van der Waals surface area contributed by atoms with Gasteiger partial charge in [0.25, 0.3) is 0 Å². The number of nitrogens with one attached hydrogen (secondary N) is 1. The van der Waals surface area contributed by atoms with Crippen molar-refractivity contribution in [1.29, 1.82) is 0 Å². The molecule has 6 heteroatoms. The van der Waals surface area contributed by atoms with E-state index in [-0.39, 0.29) is 5.91 Å². The molecule has 0 fully saturated rings. The predicted octanol–water partition coefficient (Wildman–Crippen LogP) is 3.60. The number of carbonyl (C=O) groups is 1. The molecule has 1 heterocycles. The van der Waals surface area contributed by atoms with Gasteiger partial charge in [0.05, 0.1) is 5.75 Å². The average molecular weight is 332 g/mol. The van der Waals surface area contributed by atoms with Crippen molar-refractivity contribution in [3.05, 3.63) is 35.2 Å². The fraction of sp³-hybridized carbons (Fsp3) is 0.471. The molecule has 1 N–H and O–H groups in total. The van der Waals surface area contributed by atoms with Crippen molar-refractivity contribution in [2.75, 3.05) is 11.1 Å². The standard InChI is InChI=1S/C17H24N4OS/c1-5-9-21-15(6-2)19-20-17(21)23-11-16(22)18-14-8-7-12(3)10-13(14)4/h7-8,10H,5-6,9,11H2,1-4H3,(H,18,22). The Kier molecular flexibility index (Phi) is 6.21. The van der Waals surface area contributed by atoms with Gasteiger partial charge >= 0.3 is 0 Å². The molecular weight excluding hydrogens is 308 g/mol. The number of benzene rings is 1. The van der Waals surface area contributed by atoms with Gasteiger partial charge in [0.1, 0.15) is 5.82 Å². The summed E-state index contributed by atoms with van der Waals surface area (Å²) < 4.78 is 2.11. The smallest absolute Gasteiger partial charge is 0.234 e. The highest BCUT2D eigenvalue weighted by Gasteiger charge is 2.13. The number of aryl methyl sites for hydroxylation is 3. The highest BCUT2D eigenvalue weighted by atomic mass is 32.2. The summed E-state index contributed by atoms with van der Waals surface area (Å²) >= 11 is 1.44. The molecule has 0 atom stereocenters. The van der Waals surface area contributed by atoms with E-state index in [1.54, 1.807) is 0 Å². The van der Waals surface area contributed by atoms with Gasteiger partial charge in [-0.05, 0) is 31.9 Å². The van der Waals surface area contributed by atoms with Crippen molar-refractivity contribution >= 4 is 23.4 Å². The Balaban J connectivity index is 1.98. The lowest BCUT2D eigenvalue weighted by Crippen LogP contribution is -2.15. The molecule has 1 aromatic carbocycles. The maximum absolute atomic E-state index is 12.2. The summed E-state index contributed by atoms with van der Waals surface area (Å²) in [5, 5.41) is 12.2. The third-order valence-electron chi connectivity index (χ3n) is 3.55. The zero-order valence-corrected chi connectivity index (χ0v) is 15.0. The molecule has 0 radical (unpaired) electrons. The molecule has 5 nitrogen and oxygen atoms in total. The first-order valence-electron chi connectivity index (χ1n) is 7.97. The highest BCUT2D eigenvalue weighted by molar-refractivity contribution is 7.99. The number of nitrogens with zero attached hydrogens (tertiary/aromatic N) is 3. The van der Waals surface area contributed by atoms with Crippen LogP contribution in [0.3, 0.4) is 0 Å². The van der Waals surface area contributed by atoms with E-state index in [0.717, 1.165) is 41.6 Å². The van der Waals surface area contributed by atoms with Gasteiger partial charge in [-0.15, -0.1) is 10.2 Å². The number of rotatable bonds is 7. The Morgan fingerprint density at radius 2 is 2.04 bits per heavy atom. The summed E-state index contributed by atoms with van der Waals surface area (Å²) in [4.78, 5) is 12.2. The first kappa shape index (κ1) is 17.5. The van der Waals surface area contributed by atoms with Crippen LogP contribution in [0.4, 0.5) is 5.69 Å². The minimum atomic E-state index is -0.0222. The Labute approximate surface area is 141 Å². The van der Waals surface area contributed by atoms with Crippen LogP contribution in [0.2, 0.25) is 0 Å². The summed E-state index contributed by atoms with van der Waals surface area (Å²) in [6, 6.07) is 6.01. The van der Waals surface area contributed by atoms with Crippen molar-refractivity contribution in [1.82, 2.24) is 14.8 Å². The van der Waals surface area contributed by atoms with Crippen LogP contribution < -0.4 is 5.32 Å². The highest BCUT2D eigenvalue weighted by Crippen LogP contribution is 2.20. The molecule has 23 heavy (non-hydrogen) atoms. The van der Waals surface area contributed by atoms with Crippen molar-refractivity contribution in [3.8, 4) is 0 Å². The Morgan fingerprint density at radius 1 is 1.26 bits per heavy atom. The van der Waals surface area contributed by atoms with E-state index in [4.69, 9.17) is 0 Å². The van der Waals surface area contributed by atoms with Gasteiger partial charge < -0.3 is 9.88 Å². The maximum Gasteiger partial charge on any atom is 0.234 e. The number of thioether (sulfide) groups is 1. The van der Waals surface area contributed by atoms with Gasteiger partial charge in [0.15, 0.2) is 5.16 Å². The molecule has 124 valence electrons. The first-order valence-corrected chi connectivity index (χ1v) is 8.95. The fourth-order valence-electron chi connectivity index (χ4n) is 2.41. The van der Waals surface area contributed by atoms with Gasteiger partial charge in [-0.2, -0.15) is 0 Å². The molecule has 0 bridgehead atoms. The average Bonchev–Trinajstić information content (AvgIpc) is 2.90. The SMILES string of the molecule is CCCn1c(CC)nnc1SCC(=O)Nc1ccc(C)cc1C. The van der Waals surface area contributed by atoms with Crippen LogP contribution in [0.5, 0.6) is 0 Å². The molecule has 0 aliphatic carbocycles. The van der Waals surface area contributed by atoms with Gasteiger partial charge in [0, 0.05) is 18.7 Å². The van der Waals surface area contributed by atoms with Gasteiger partial charge in [-0.3, -0.25) is 4.79 Å². The fourth-order valence-corrected chi connectivity index (χ4v) is 3.19. The van der Waals surface area contributed by atoms with E-state index in [9.17, 15) is 4.79 Å². The molecule has 2 rings (SSSR count). The van der Waals surface area contributed by atoms with Crippen LogP contribution in [-0.2, 0) is 17.8 Å². The topological polar surface area (TPSA) is 59.8 Å². The van der Waals surface area contributed by atoms with Crippen molar-refractivity contribution in [2.45, 2.75) is 52.2 Å². The van der Waals surface area contributed by atoms with Crippen LogP contribution in [0.25, 0.3) is 0 Å². The second-order valence-electron chi connectivity index (χ2n) is 5.56. The molecule has 0 saturated heterocycles. The third kappa shape index (κ3) is 4.58. The number of hydrogen-bond acceptors (Lipinski definition) is 4. The largest absolute Gasteiger partial charge is 0.325 e. The number of anilines is 1. The maximum atomic E-state index is 12.2. The number of hydrogen-bond donors (Lipinski definition) is 1. The van der Waals surface area contributed by atoms with E-state index in [2.05, 4.69) is 40.0 Å². The molecule has 0 unspecified atom stereocenters. The van der Waals surface area contributed by atoms with E-state index in [1.165, 1.54) is 17.3 Å². The summed E-state index contributed by atoms with van der Waals surface area (Å²) in [7, 11) is 0. The minimum Gasteiger partial charge on any atom is -0.325 e. The lowest BCUT2D eigenvalue weighted by Gasteiger charge is -2.10. The quantitative estimate of drug-likeness (QED) is 0.787. The summed E-state index contributed by atoms with van der Waals surface area (Å²) in [5.41, 5.74) is 3.13. The second-order valence-corrected chi connectivity index (χ2v) is 6.50. The second kappa shape index (κ2) is 8.15. The lowest BCUT2D eigenvalue weighted by molar-refractivity contribution is -0.113. The van der Waals surface area contributed by atoms with Gasteiger partial charge in [-0.25, -0.2) is 0 Å². The van der Waals surface area contributed by atoms with Crippen LogP contribution in [0.15, 0.2) is 23.4 Å². The number of aromatic nitrogens is 3. The Bertz CT molecular complexity index is 681. The van der Waals surface area contributed by atoms with Crippen LogP contribution in [0.1, 0.15) is 37.2 Å². The zero-order chi connectivity index (χ0) is 16.8. The summed E-state index contributed by atoms with van der Waals surface area (Å²) in [5.74, 6) is 1.29. The molecular formula is C17H24N4OS. The number of carbonyl (C=O) groups excluding carboxylic acids is 1. The van der Waals surface area contributed by atoms with Crippen LogP contribution in [0, 0.1) is 13.8 Å². The van der Waals surface area contributed by atoms with E-state index < -0.39 is 0 Å². The predicted molar refractivity (Wildman–Crippen MR) is 95.0 cm³/mol. The van der Waals surface area contributed by atoms with Gasteiger partial charge in [-0.1, -0.05) is 43.3 Å². The lowest BCUT2D eigenvalue weighted by atomic mass is 10.1. The molecule has 0 saturated carbocycles. The molecule has 2 aromatic rings. The molecule has 0 aliphatic heterocycles. The molecule has 1 aromatic heterocycles. The Morgan fingerprint density at radius 3 is 2.70 bits per heavy atom. The number of amides is 1. The molecule has 0 spiro atoms. The molecule has 1 amide bonds. The first-order chi connectivity index (χ1) is 11.0. The van der Waals surface area contributed by atoms with E-state index in [0.29, 0.717) is 5.75 Å². The third-order valence-corrected chi connectivity index (χ3v) is 4.51. The minimum absolute atomic E-state index is 0.0222. The van der Waals surface area contributed by atoms with Crippen LogP contribution >= 0.6 is 11.8 Å². The summed E-state index contributed by atoms with van der Waals surface area (Å²) in [6.45, 7) is 9.12. The van der Waals surface area contributed by atoms with Crippen molar-refractivity contribution in [2.24, 2.45) is 0 Å². The summed E-state index contributed by atoms with van der Waals surface area (Å²) in [6.07, 6.45) is 1.87. The van der Waals surface area contributed by atoms with E-state index >= 15 is 0 Å². The molecule has 0 aliphatic rings. The van der Waals surface area contributed by atoms with E-state index in [1.807, 2.05) is 26.0 Å². The van der Waals surface area contributed by atoms with Crippen molar-refractivity contribution in [3.63, 3.8) is 0 Å². The Hall–Kier alpha value is -1.82.